The van der Waals surface area contributed by atoms with Crippen LogP contribution in [0.25, 0.3) is 11.3 Å². The second-order valence-electron chi connectivity index (χ2n) is 6.21. The predicted molar refractivity (Wildman–Crippen MR) is 86.7 cm³/mol. The fourth-order valence-corrected chi connectivity index (χ4v) is 3.08. The number of hydrogen-bond donors (Lipinski definition) is 0. The molecule has 3 rings (SSSR count). The SMILES string of the molecule is CC(=O)N1CCC[C@H](c2cncc(-c3cccc(C(F)(F)F)c3)n2)C1. The standard InChI is InChI=1S/C18H18F3N3O/c1-12(25)24-7-3-5-14(11-24)17-10-22-9-16(23-17)13-4-2-6-15(8-13)18(19,20)21/h2,4,6,8-10,14H,3,5,7,11H2,1H3/t14-/m0/s1. The lowest BCUT2D eigenvalue weighted by Crippen LogP contribution is -2.37. The monoisotopic (exact) mass is 349 g/mol. The van der Waals surface area contributed by atoms with Crippen molar-refractivity contribution in [1.82, 2.24) is 14.9 Å². The Kier molecular flexibility index (Phi) is 4.74. The molecule has 1 amide bonds. The maximum Gasteiger partial charge on any atom is 0.416 e. The van der Waals surface area contributed by atoms with Gasteiger partial charge in [0.05, 0.1) is 23.1 Å². The summed E-state index contributed by atoms with van der Waals surface area (Å²) < 4.78 is 38.7. The van der Waals surface area contributed by atoms with Crippen LogP contribution in [0.3, 0.4) is 0 Å². The van der Waals surface area contributed by atoms with Gasteiger partial charge >= 0.3 is 6.18 Å². The minimum atomic E-state index is -4.40. The van der Waals surface area contributed by atoms with Crippen LogP contribution in [-0.2, 0) is 11.0 Å². The predicted octanol–water partition coefficient (Wildman–Crippen LogP) is 3.89. The van der Waals surface area contributed by atoms with Gasteiger partial charge < -0.3 is 4.90 Å². The Hall–Kier alpha value is -2.44. The molecule has 2 aromatic rings. The van der Waals surface area contributed by atoms with Gasteiger partial charge in [0.2, 0.25) is 5.91 Å². The van der Waals surface area contributed by atoms with Crippen LogP contribution >= 0.6 is 0 Å². The third-order valence-corrected chi connectivity index (χ3v) is 4.42. The van der Waals surface area contributed by atoms with Crippen LogP contribution in [0, 0.1) is 0 Å². The van der Waals surface area contributed by atoms with E-state index in [9.17, 15) is 18.0 Å². The third-order valence-electron chi connectivity index (χ3n) is 4.42. The first-order chi connectivity index (χ1) is 11.8. The van der Waals surface area contributed by atoms with Crippen molar-refractivity contribution in [1.29, 1.82) is 0 Å². The Labute approximate surface area is 143 Å². The molecule has 1 atom stereocenters. The van der Waals surface area contributed by atoms with E-state index in [2.05, 4.69) is 9.97 Å². The molecule has 1 fully saturated rings. The Morgan fingerprint density at radius 2 is 2.08 bits per heavy atom. The minimum absolute atomic E-state index is 0.0201. The molecule has 0 aliphatic carbocycles. The summed E-state index contributed by atoms with van der Waals surface area (Å²) in [6, 6.07) is 5.07. The van der Waals surface area contributed by atoms with Crippen molar-refractivity contribution in [2.24, 2.45) is 0 Å². The topological polar surface area (TPSA) is 46.1 Å². The second kappa shape index (κ2) is 6.82. The van der Waals surface area contributed by atoms with Crippen molar-refractivity contribution < 1.29 is 18.0 Å². The van der Waals surface area contributed by atoms with Crippen LogP contribution in [0.5, 0.6) is 0 Å². The molecule has 1 aromatic heterocycles. The molecular formula is C18H18F3N3O. The van der Waals surface area contributed by atoms with Gasteiger partial charge in [0, 0.05) is 37.7 Å². The molecule has 0 N–H and O–H groups in total. The third kappa shape index (κ3) is 3.97. The average molecular weight is 349 g/mol. The van der Waals surface area contributed by atoms with Crippen LogP contribution in [-0.4, -0.2) is 33.9 Å². The van der Waals surface area contributed by atoms with E-state index in [1.165, 1.54) is 19.2 Å². The Bertz CT molecular complexity index is 776. The van der Waals surface area contributed by atoms with E-state index in [1.807, 2.05) is 0 Å². The quantitative estimate of drug-likeness (QED) is 0.826. The van der Waals surface area contributed by atoms with E-state index >= 15 is 0 Å². The maximum atomic E-state index is 12.9. The van der Waals surface area contributed by atoms with Gasteiger partial charge in [-0.2, -0.15) is 13.2 Å². The summed E-state index contributed by atoms with van der Waals surface area (Å²) in [4.78, 5) is 22.0. The molecule has 25 heavy (non-hydrogen) atoms. The first-order valence-corrected chi connectivity index (χ1v) is 8.09. The van der Waals surface area contributed by atoms with Gasteiger partial charge in [-0.1, -0.05) is 12.1 Å². The van der Waals surface area contributed by atoms with Crippen LogP contribution in [0.2, 0.25) is 0 Å². The van der Waals surface area contributed by atoms with Crippen molar-refractivity contribution in [2.45, 2.75) is 31.9 Å². The number of likely N-dealkylation sites (tertiary alicyclic amines) is 1. The summed E-state index contributed by atoms with van der Waals surface area (Å²) in [7, 11) is 0. The van der Waals surface area contributed by atoms with Gasteiger partial charge in [-0.05, 0) is 25.0 Å². The Balaban J connectivity index is 1.88. The van der Waals surface area contributed by atoms with E-state index in [0.717, 1.165) is 31.5 Å². The minimum Gasteiger partial charge on any atom is -0.342 e. The molecule has 0 radical (unpaired) electrons. The number of halogens is 3. The molecule has 0 unspecified atom stereocenters. The van der Waals surface area contributed by atoms with Crippen LogP contribution in [0.15, 0.2) is 36.7 Å². The highest BCUT2D eigenvalue weighted by Gasteiger charge is 2.30. The molecule has 132 valence electrons. The molecule has 0 bridgehead atoms. The zero-order valence-electron chi connectivity index (χ0n) is 13.8. The number of benzene rings is 1. The molecular weight excluding hydrogens is 331 g/mol. The summed E-state index contributed by atoms with van der Waals surface area (Å²) in [5, 5.41) is 0. The number of rotatable bonds is 2. The number of piperidine rings is 1. The smallest absolute Gasteiger partial charge is 0.342 e. The summed E-state index contributed by atoms with van der Waals surface area (Å²) in [5.41, 5.74) is 0.783. The van der Waals surface area contributed by atoms with Crippen LogP contribution in [0.1, 0.15) is 36.9 Å². The van der Waals surface area contributed by atoms with Gasteiger partial charge in [-0.25, -0.2) is 4.98 Å². The lowest BCUT2D eigenvalue weighted by atomic mass is 9.94. The summed E-state index contributed by atoms with van der Waals surface area (Å²) in [6.45, 7) is 2.83. The number of aromatic nitrogens is 2. The Morgan fingerprint density at radius 3 is 2.80 bits per heavy atom. The average Bonchev–Trinajstić information content (AvgIpc) is 2.61. The van der Waals surface area contributed by atoms with Crippen LogP contribution in [0.4, 0.5) is 13.2 Å². The molecule has 1 aromatic carbocycles. The van der Waals surface area contributed by atoms with E-state index in [4.69, 9.17) is 0 Å². The van der Waals surface area contributed by atoms with E-state index < -0.39 is 11.7 Å². The fraction of sp³-hybridized carbons (Fsp3) is 0.389. The molecule has 2 heterocycles. The van der Waals surface area contributed by atoms with E-state index in [1.54, 1.807) is 17.2 Å². The highest BCUT2D eigenvalue weighted by Crippen LogP contribution is 2.32. The summed E-state index contributed by atoms with van der Waals surface area (Å²) >= 11 is 0. The molecule has 7 heteroatoms. The number of nitrogens with zero attached hydrogens (tertiary/aromatic N) is 3. The number of carbonyl (C=O) groups excluding carboxylic acids is 1. The molecule has 0 spiro atoms. The number of alkyl halides is 3. The molecule has 1 aliphatic heterocycles. The fourth-order valence-electron chi connectivity index (χ4n) is 3.08. The maximum absolute atomic E-state index is 12.9. The van der Waals surface area contributed by atoms with Gasteiger partial charge in [-0.3, -0.25) is 9.78 Å². The number of amides is 1. The summed E-state index contributed by atoms with van der Waals surface area (Å²) in [6.07, 6.45) is 0.451. The molecule has 4 nitrogen and oxygen atoms in total. The van der Waals surface area contributed by atoms with Crippen molar-refractivity contribution in [3.05, 3.63) is 47.9 Å². The van der Waals surface area contributed by atoms with Crippen molar-refractivity contribution in [3.8, 4) is 11.3 Å². The highest BCUT2D eigenvalue weighted by molar-refractivity contribution is 5.73. The highest BCUT2D eigenvalue weighted by atomic mass is 19.4. The van der Waals surface area contributed by atoms with E-state index in [-0.39, 0.29) is 11.8 Å². The van der Waals surface area contributed by atoms with E-state index in [0.29, 0.717) is 23.5 Å². The van der Waals surface area contributed by atoms with Crippen molar-refractivity contribution >= 4 is 5.91 Å². The van der Waals surface area contributed by atoms with Gasteiger partial charge in [-0.15, -0.1) is 0 Å². The molecule has 1 aliphatic rings. The zero-order chi connectivity index (χ0) is 18.0. The first-order valence-electron chi connectivity index (χ1n) is 8.09. The van der Waals surface area contributed by atoms with Gasteiger partial charge in [0.1, 0.15) is 0 Å². The summed E-state index contributed by atoms with van der Waals surface area (Å²) in [5.74, 6) is 0.0718. The lowest BCUT2D eigenvalue weighted by molar-refractivity contribution is -0.137. The van der Waals surface area contributed by atoms with Gasteiger partial charge in [0.25, 0.3) is 0 Å². The normalized spacial score (nSPS) is 18.2. The van der Waals surface area contributed by atoms with Crippen molar-refractivity contribution in [2.75, 3.05) is 13.1 Å². The lowest BCUT2D eigenvalue weighted by Gasteiger charge is -2.31. The number of carbonyl (C=O) groups is 1. The molecule has 1 saturated heterocycles. The van der Waals surface area contributed by atoms with Crippen LogP contribution < -0.4 is 0 Å². The van der Waals surface area contributed by atoms with Crippen molar-refractivity contribution in [3.63, 3.8) is 0 Å². The Morgan fingerprint density at radius 1 is 1.28 bits per heavy atom. The largest absolute Gasteiger partial charge is 0.416 e. The number of hydrogen-bond acceptors (Lipinski definition) is 3. The molecule has 0 saturated carbocycles. The van der Waals surface area contributed by atoms with Gasteiger partial charge in [0.15, 0.2) is 0 Å². The second-order valence-corrected chi connectivity index (χ2v) is 6.21. The zero-order valence-corrected chi connectivity index (χ0v) is 13.8. The first kappa shape index (κ1) is 17.4.